The van der Waals surface area contributed by atoms with Crippen LogP contribution >= 0.6 is 11.3 Å². The van der Waals surface area contributed by atoms with E-state index >= 15 is 0 Å². The number of aromatic carboxylic acids is 1. The molecule has 2 aromatic heterocycles. The molecule has 7 nitrogen and oxygen atoms in total. The minimum atomic E-state index is -0.993. The average Bonchev–Trinajstić information content (AvgIpc) is 2.93. The van der Waals surface area contributed by atoms with E-state index in [2.05, 4.69) is 20.4 Å². The molecule has 0 spiro atoms. The van der Waals surface area contributed by atoms with E-state index in [-0.39, 0.29) is 5.01 Å². The number of aryl methyl sites for hydroxylation is 1. The van der Waals surface area contributed by atoms with Gasteiger partial charge >= 0.3 is 5.97 Å². The molecule has 0 amide bonds. The van der Waals surface area contributed by atoms with Crippen LogP contribution in [0.4, 0.5) is 0 Å². The van der Waals surface area contributed by atoms with Gasteiger partial charge in [0.15, 0.2) is 5.82 Å². The van der Waals surface area contributed by atoms with Gasteiger partial charge in [-0.3, -0.25) is 0 Å². The third-order valence-corrected chi connectivity index (χ3v) is 3.01. The molecule has 0 radical (unpaired) electrons. The monoisotopic (exact) mass is 268 g/mol. The Morgan fingerprint density at radius 2 is 2.39 bits per heavy atom. The topological polar surface area (TPSA) is 101 Å². The summed E-state index contributed by atoms with van der Waals surface area (Å²) in [6, 6.07) is 0. The van der Waals surface area contributed by atoms with Crippen molar-refractivity contribution in [2.45, 2.75) is 19.9 Å². The minimum absolute atomic E-state index is 0.110. The van der Waals surface area contributed by atoms with Crippen LogP contribution in [0, 0.1) is 6.92 Å². The number of nitrogens with zero attached hydrogens (tertiary/aromatic N) is 3. The summed E-state index contributed by atoms with van der Waals surface area (Å²) in [5.41, 5.74) is 0.721. The molecule has 2 heterocycles. The van der Waals surface area contributed by atoms with Gasteiger partial charge in [-0.1, -0.05) is 5.16 Å². The summed E-state index contributed by atoms with van der Waals surface area (Å²) in [5, 5.41) is 17.4. The average molecular weight is 268 g/mol. The van der Waals surface area contributed by atoms with E-state index in [0.717, 1.165) is 17.0 Å². The minimum Gasteiger partial charge on any atom is -0.476 e. The van der Waals surface area contributed by atoms with E-state index in [1.165, 1.54) is 0 Å². The first-order valence-electron chi connectivity index (χ1n) is 5.33. The number of aromatic nitrogens is 3. The molecule has 0 unspecified atom stereocenters. The van der Waals surface area contributed by atoms with Crippen LogP contribution in [0.5, 0.6) is 0 Å². The van der Waals surface area contributed by atoms with Crippen molar-refractivity contribution >= 4 is 17.3 Å². The summed E-state index contributed by atoms with van der Waals surface area (Å²) in [4.78, 5) is 18.7. The second-order valence-corrected chi connectivity index (χ2v) is 4.47. The van der Waals surface area contributed by atoms with Gasteiger partial charge in [0.1, 0.15) is 0 Å². The zero-order chi connectivity index (χ0) is 13.0. The lowest BCUT2D eigenvalue weighted by molar-refractivity contribution is 0.0696. The molecule has 0 atom stereocenters. The Kier molecular flexibility index (Phi) is 4.00. The van der Waals surface area contributed by atoms with Crippen molar-refractivity contribution in [3.8, 4) is 0 Å². The van der Waals surface area contributed by atoms with Crippen LogP contribution < -0.4 is 5.32 Å². The fourth-order valence-electron chi connectivity index (χ4n) is 1.34. The van der Waals surface area contributed by atoms with Crippen LogP contribution in [0.25, 0.3) is 0 Å². The second-order valence-electron chi connectivity index (χ2n) is 3.61. The van der Waals surface area contributed by atoms with Crippen molar-refractivity contribution in [3.05, 3.63) is 27.8 Å². The second kappa shape index (κ2) is 5.69. The number of carbonyl (C=O) groups is 1. The van der Waals surface area contributed by atoms with Gasteiger partial charge in [-0.25, -0.2) is 9.78 Å². The Hall–Kier alpha value is -1.80. The van der Waals surface area contributed by atoms with Gasteiger partial charge in [-0.15, -0.1) is 11.3 Å². The van der Waals surface area contributed by atoms with Gasteiger partial charge in [-0.05, 0) is 6.92 Å². The normalized spacial score (nSPS) is 10.7. The number of hydrogen-bond donors (Lipinski definition) is 2. The van der Waals surface area contributed by atoms with Crippen molar-refractivity contribution in [2.24, 2.45) is 0 Å². The number of nitrogens with one attached hydrogen (secondary N) is 1. The largest absolute Gasteiger partial charge is 0.476 e. The van der Waals surface area contributed by atoms with E-state index in [9.17, 15) is 4.79 Å². The predicted octanol–water partition coefficient (Wildman–Crippen LogP) is 0.865. The summed E-state index contributed by atoms with van der Waals surface area (Å²) in [5.74, 6) is 0.215. The lowest BCUT2D eigenvalue weighted by Crippen LogP contribution is -2.17. The van der Waals surface area contributed by atoms with Gasteiger partial charge in [0.2, 0.25) is 10.9 Å². The number of rotatable bonds is 6. The Morgan fingerprint density at radius 3 is 3.00 bits per heavy atom. The van der Waals surface area contributed by atoms with Crippen LogP contribution in [0.1, 0.15) is 27.2 Å². The summed E-state index contributed by atoms with van der Waals surface area (Å²) in [6.07, 6.45) is 0.636. The highest BCUT2D eigenvalue weighted by Gasteiger charge is 2.08. The maximum absolute atomic E-state index is 10.6. The summed E-state index contributed by atoms with van der Waals surface area (Å²) in [6.45, 7) is 2.96. The Balaban J connectivity index is 1.73. The van der Waals surface area contributed by atoms with Crippen LogP contribution in [-0.4, -0.2) is 32.7 Å². The smallest absolute Gasteiger partial charge is 0.365 e. The summed E-state index contributed by atoms with van der Waals surface area (Å²) in [7, 11) is 0. The van der Waals surface area contributed by atoms with E-state index in [4.69, 9.17) is 9.63 Å². The van der Waals surface area contributed by atoms with Gasteiger partial charge in [0, 0.05) is 24.9 Å². The van der Waals surface area contributed by atoms with Crippen LogP contribution in [0.2, 0.25) is 0 Å². The molecule has 0 aliphatic heterocycles. The van der Waals surface area contributed by atoms with Gasteiger partial charge < -0.3 is 14.9 Å². The third-order valence-electron chi connectivity index (χ3n) is 2.13. The molecule has 0 saturated carbocycles. The van der Waals surface area contributed by atoms with Crippen molar-refractivity contribution in [2.75, 3.05) is 6.54 Å². The Morgan fingerprint density at radius 1 is 1.56 bits per heavy atom. The van der Waals surface area contributed by atoms with Crippen LogP contribution in [-0.2, 0) is 13.0 Å². The molecule has 0 aliphatic carbocycles. The molecule has 18 heavy (non-hydrogen) atoms. The zero-order valence-corrected chi connectivity index (χ0v) is 10.5. The van der Waals surface area contributed by atoms with Crippen LogP contribution in [0.15, 0.2) is 9.90 Å². The lowest BCUT2D eigenvalue weighted by atomic mass is 10.4. The molecular formula is C10H12N4O3S. The summed E-state index contributed by atoms with van der Waals surface area (Å²) < 4.78 is 4.96. The van der Waals surface area contributed by atoms with Crippen molar-refractivity contribution in [3.63, 3.8) is 0 Å². The Labute approximate surface area is 107 Å². The van der Waals surface area contributed by atoms with Crippen molar-refractivity contribution in [1.29, 1.82) is 0 Å². The number of thiazole rings is 1. The molecule has 96 valence electrons. The lowest BCUT2D eigenvalue weighted by Gasteiger charge is -1.98. The molecule has 8 heteroatoms. The maximum Gasteiger partial charge on any atom is 0.365 e. The highest BCUT2D eigenvalue weighted by molar-refractivity contribution is 7.11. The van der Waals surface area contributed by atoms with Gasteiger partial charge in [0.25, 0.3) is 0 Å². The standard InChI is InChI=1S/C10H12N4O3S/c1-6-12-8(17-14-6)2-3-11-4-7-5-18-9(13-7)10(15)16/h5,11H,2-4H2,1H3,(H,15,16). The molecule has 2 N–H and O–H groups in total. The van der Waals surface area contributed by atoms with Crippen molar-refractivity contribution in [1.82, 2.24) is 20.4 Å². The number of hydrogen-bond acceptors (Lipinski definition) is 7. The molecule has 0 aromatic carbocycles. The predicted molar refractivity (Wildman–Crippen MR) is 63.5 cm³/mol. The highest BCUT2D eigenvalue weighted by Crippen LogP contribution is 2.09. The first kappa shape index (κ1) is 12.7. The molecular weight excluding hydrogens is 256 g/mol. The van der Waals surface area contributed by atoms with Gasteiger partial charge in [-0.2, -0.15) is 4.98 Å². The SMILES string of the molecule is Cc1noc(CCNCc2csc(C(=O)O)n2)n1. The molecule has 2 rings (SSSR count). The summed E-state index contributed by atoms with van der Waals surface area (Å²) >= 11 is 1.12. The van der Waals surface area contributed by atoms with Crippen LogP contribution in [0.3, 0.4) is 0 Å². The third kappa shape index (κ3) is 3.34. The first-order chi connectivity index (χ1) is 8.65. The molecule has 0 saturated heterocycles. The highest BCUT2D eigenvalue weighted by atomic mass is 32.1. The molecule has 2 aromatic rings. The Bertz CT molecular complexity index is 537. The van der Waals surface area contributed by atoms with E-state index in [1.54, 1.807) is 12.3 Å². The fourth-order valence-corrected chi connectivity index (χ4v) is 1.99. The number of carboxylic acid groups (broad SMARTS) is 1. The zero-order valence-electron chi connectivity index (χ0n) is 9.71. The first-order valence-corrected chi connectivity index (χ1v) is 6.20. The quantitative estimate of drug-likeness (QED) is 0.749. The molecule has 0 fully saturated rings. The molecule has 0 bridgehead atoms. The van der Waals surface area contributed by atoms with E-state index in [0.29, 0.717) is 31.2 Å². The van der Waals surface area contributed by atoms with E-state index < -0.39 is 5.97 Å². The van der Waals surface area contributed by atoms with Crippen molar-refractivity contribution < 1.29 is 14.4 Å². The van der Waals surface area contributed by atoms with Gasteiger partial charge in [0.05, 0.1) is 5.69 Å². The fraction of sp³-hybridized carbons (Fsp3) is 0.400. The molecule has 0 aliphatic rings. The number of carboxylic acids is 1. The maximum atomic E-state index is 10.6. The van der Waals surface area contributed by atoms with E-state index in [1.807, 2.05) is 0 Å².